The van der Waals surface area contributed by atoms with Gasteiger partial charge >= 0.3 is 0 Å². The number of ether oxygens (including phenoxy) is 1. The van der Waals surface area contributed by atoms with Crippen LogP contribution in [0.15, 0.2) is 40.9 Å². The van der Waals surface area contributed by atoms with Crippen LogP contribution in [0.25, 0.3) is 22.2 Å². The molecule has 0 aliphatic carbocycles. The lowest BCUT2D eigenvalue weighted by atomic mass is 10.0. The summed E-state index contributed by atoms with van der Waals surface area (Å²) in [6.07, 6.45) is 0. The number of benzene rings is 2. The predicted octanol–water partition coefficient (Wildman–Crippen LogP) is 3.21. The molecule has 1 aromatic heterocycles. The van der Waals surface area contributed by atoms with Crippen molar-refractivity contribution in [2.45, 2.75) is 6.92 Å². The minimum absolute atomic E-state index is 0.534. The van der Waals surface area contributed by atoms with Crippen molar-refractivity contribution in [1.29, 1.82) is 0 Å². The molecule has 0 saturated heterocycles. The molecule has 3 rings (SSSR count). The van der Waals surface area contributed by atoms with E-state index in [0.29, 0.717) is 11.7 Å². The molecule has 0 aliphatic heterocycles. The van der Waals surface area contributed by atoms with E-state index in [1.807, 2.05) is 36.4 Å². The van der Waals surface area contributed by atoms with Crippen LogP contribution in [-0.4, -0.2) is 17.3 Å². The van der Waals surface area contributed by atoms with Crippen LogP contribution in [-0.2, 0) is 0 Å². The molecule has 0 aliphatic rings. The largest absolute Gasteiger partial charge is 0.496 e. The minimum Gasteiger partial charge on any atom is -0.496 e. The van der Waals surface area contributed by atoms with Gasteiger partial charge in [-0.1, -0.05) is 29.4 Å². The van der Waals surface area contributed by atoms with Crippen molar-refractivity contribution in [1.82, 2.24) is 10.1 Å². The monoisotopic (exact) mass is 240 g/mol. The molecule has 0 saturated carbocycles. The molecule has 0 unspecified atom stereocenters. The average Bonchev–Trinajstić information content (AvgIpc) is 2.84. The van der Waals surface area contributed by atoms with E-state index in [-0.39, 0.29) is 0 Å². The van der Waals surface area contributed by atoms with E-state index in [2.05, 4.69) is 10.1 Å². The van der Waals surface area contributed by atoms with Gasteiger partial charge in [0.15, 0.2) is 5.82 Å². The van der Waals surface area contributed by atoms with Crippen LogP contribution in [0.4, 0.5) is 0 Å². The van der Waals surface area contributed by atoms with E-state index in [4.69, 9.17) is 9.26 Å². The topological polar surface area (TPSA) is 48.2 Å². The number of methoxy groups -OCH3 is 1. The van der Waals surface area contributed by atoms with Gasteiger partial charge < -0.3 is 9.26 Å². The highest BCUT2D eigenvalue weighted by molar-refractivity contribution is 5.98. The van der Waals surface area contributed by atoms with Gasteiger partial charge in [0, 0.05) is 10.9 Å². The zero-order valence-electron chi connectivity index (χ0n) is 10.2. The van der Waals surface area contributed by atoms with Crippen molar-refractivity contribution in [3.8, 4) is 17.2 Å². The van der Waals surface area contributed by atoms with Crippen LogP contribution >= 0.6 is 0 Å². The Balaban J connectivity index is 2.31. The second kappa shape index (κ2) is 4.14. The van der Waals surface area contributed by atoms with Crippen LogP contribution in [0, 0.1) is 6.92 Å². The molecule has 0 fully saturated rings. The van der Waals surface area contributed by atoms with Crippen LogP contribution in [0.3, 0.4) is 0 Å². The van der Waals surface area contributed by atoms with Crippen molar-refractivity contribution >= 4 is 10.8 Å². The first-order valence-corrected chi connectivity index (χ1v) is 5.66. The predicted molar refractivity (Wildman–Crippen MR) is 68.5 cm³/mol. The first-order valence-electron chi connectivity index (χ1n) is 5.66. The smallest absolute Gasteiger partial charge is 0.258 e. The summed E-state index contributed by atoms with van der Waals surface area (Å²) >= 11 is 0. The third-order valence-electron chi connectivity index (χ3n) is 2.86. The fourth-order valence-corrected chi connectivity index (χ4v) is 2.04. The Morgan fingerprint density at radius 1 is 1.06 bits per heavy atom. The summed E-state index contributed by atoms with van der Waals surface area (Å²) < 4.78 is 10.6. The second-order valence-corrected chi connectivity index (χ2v) is 4.01. The molecule has 0 radical (unpaired) electrons. The maximum Gasteiger partial charge on any atom is 0.258 e. The highest BCUT2D eigenvalue weighted by Crippen LogP contribution is 2.33. The SMILES string of the molecule is COc1ccc(-c2nc(C)no2)c2ccccc12. The first kappa shape index (κ1) is 10.8. The van der Waals surface area contributed by atoms with E-state index >= 15 is 0 Å². The highest BCUT2D eigenvalue weighted by Gasteiger charge is 2.12. The Labute approximate surface area is 104 Å². The van der Waals surface area contributed by atoms with E-state index in [9.17, 15) is 0 Å². The fraction of sp³-hybridized carbons (Fsp3) is 0.143. The zero-order valence-corrected chi connectivity index (χ0v) is 10.2. The number of aryl methyl sites for hydroxylation is 1. The fourth-order valence-electron chi connectivity index (χ4n) is 2.04. The molecule has 0 spiro atoms. The highest BCUT2D eigenvalue weighted by atomic mass is 16.5. The van der Waals surface area contributed by atoms with Crippen molar-refractivity contribution < 1.29 is 9.26 Å². The van der Waals surface area contributed by atoms with Gasteiger partial charge in [-0.15, -0.1) is 0 Å². The van der Waals surface area contributed by atoms with Gasteiger partial charge in [0.2, 0.25) is 0 Å². The maximum absolute atomic E-state index is 5.36. The number of fused-ring (bicyclic) bond motifs is 1. The Morgan fingerprint density at radius 2 is 1.83 bits per heavy atom. The average molecular weight is 240 g/mol. The first-order chi connectivity index (χ1) is 8.79. The molecule has 0 atom stereocenters. The zero-order chi connectivity index (χ0) is 12.5. The van der Waals surface area contributed by atoms with Gasteiger partial charge in [0.25, 0.3) is 5.89 Å². The van der Waals surface area contributed by atoms with E-state index < -0.39 is 0 Å². The third kappa shape index (κ3) is 1.62. The van der Waals surface area contributed by atoms with Gasteiger partial charge in [-0.2, -0.15) is 4.98 Å². The van der Waals surface area contributed by atoms with Gasteiger partial charge in [0.1, 0.15) is 5.75 Å². The van der Waals surface area contributed by atoms with Crippen molar-refractivity contribution in [3.05, 3.63) is 42.2 Å². The summed E-state index contributed by atoms with van der Waals surface area (Å²) in [7, 11) is 1.66. The summed E-state index contributed by atoms with van der Waals surface area (Å²) in [5, 5.41) is 5.90. The quantitative estimate of drug-likeness (QED) is 0.690. The molecule has 3 aromatic rings. The van der Waals surface area contributed by atoms with Crippen molar-refractivity contribution in [3.63, 3.8) is 0 Å². The van der Waals surface area contributed by atoms with E-state index in [1.54, 1.807) is 14.0 Å². The van der Waals surface area contributed by atoms with E-state index in [1.165, 1.54) is 0 Å². The van der Waals surface area contributed by atoms with Crippen molar-refractivity contribution in [2.24, 2.45) is 0 Å². The molecule has 90 valence electrons. The standard InChI is InChI=1S/C14H12N2O2/c1-9-15-14(18-16-9)12-7-8-13(17-2)11-6-4-3-5-10(11)12/h3-8H,1-2H3. The lowest BCUT2D eigenvalue weighted by molar-refractivity contribution is 0.419. The van der Waals surface area contributed by atoms with Crippen LogP contribution in [0.1, 0.15) is 5.82 Å². The Hall–Kier alpha value is -2.36. The van der Waals surface area contributed by atoms with Gasteiger partial charge in [-0.05, 0) is 24.4 Å². The summed E-state index contributed by atoms with van der Waals surface area (Å²) in [5.41, 5.74) is 0.923. The number of hydrogen-bond acceptors (Lipinski definition) is 4. The van der Waals surface area contributed by atoms with Gasteiger partial charge in [-0.3, -0.25) is 0 Å². The number of nitrogens with zero attached hydrogens (tertiary/aromatic N) is 2. The number of aromatic nitrogens is 2. The minimum atomic E-state index is 0.534. The third-order valence-corrected chi connectivity index (χ3v) is 2.86. The Bertz CT molecular complexity index is 704. The molecule has 0 N–H and O–H groups in total. The number of hydrogen-bond donors (Lipinski definition) is 0. The lowest BCUT2D eigenvalue weighted by Crippen LogP contribution is -1.87. The molecule has 0 amide bonds. The molecular weight excluding hydrogens is 228 g/mol. The second-order valence-electron chi connectivity index (χ2n) is 4.01. The molecule has 4 nitrogen and oxygen atoms in total. The van der Waals surface area contributed by atoms with Gasteiger partial charge in [-0.25, -0.2) is 0 Å². The molecular formula is C14H12N2O2. The summed E-state index contributed by atoms with van der Waals surface area (Å²) in [6, 6.07) is 11.8. The summed E-state index contributed by atoms with van der Waals surface area (Å²) in [5.74, 6) is 2.00. The van der Waals surface area contributed by atoms with Crippen LogP contribution < -0.4 is 4.74 Å². The summed E-state index contributed by atoms with van der Waals surface area (Å²) in [6.45, 7) is 1.80. The maximum atomic E-state index is 5.36. The number of rotatable bonds is 2. The normalized spacial score (nSPS) is 10.8. The van der Waals surface area contributed by atoms with Crippen LogP contribution in [0.5, 0.6) is 5.75 Å². The molecule has 4 heteroatoms. The summed E-state index contributed by atoms with van der Waals surface area (Å²) in [4.78, 5) is 4.27. The Kier molecular flexibility index (Phi) is 2.48. The van der Waals surface area contributed by atoms with Gasteiger partial charge in [0.05, 0.1) is 7.11 Å². The lowest BCUT2D eigenvalue weighted by Gasteiger charge is -2.07. The molecule has 2 aromatic carbocycles. The Morgan fingerprint density at radius 3 is 2.50 bits per heavy atom. The van der Waals surface area contributed by atoms with E-state index in [0.717, 1.165) is 22.1 Å². The molecule has 18 heavy (non-hydrogen) atoms. The van der Waals surface area contributed by atoms with Crippen molar-refractivity contribution in [2.75, 3.05) is 7.11 Å². The molecule has 1 heterocycles. The molecule has 0 bridgehead atoms. The van der Waals surface area contributed by atoms with Crippen LogP contribution in [0.2, 0.25) is 0 Å².